The zero-order chi connectivity index (χ0) is 14.3. The number of aryl methyl sites for hydroxylation is 3. The number of imidazole rings is 1. The third kappa shape index (κ3) is 1.93. The van der Waals surface area contributed by atoms with Gasteiger partial charge in [-0.25, -0.2) is 4.98 Å². The molecule has 0 aliphatic carbocycles. The van der Waals surface area contributed by atoms with Crippen molar-refractivity contribution in [2.75, 3.05) is 5.73 Å². The van der Waals surface area contributed by atoms with E-state index in [1.54, 1.807) is 11.6 Å². The van der Waals surface area contributed by atoms with Gasteiger partial charge in [0.2, 0.25) is 11.8 Å². The molecule has 0 saturated heterocycles. The molecule has 3 aromatic rings. The normalized spacial score (nSPS) is 11.6. The Labute approximate surface area is 115 Å². The molecular formula is C12H17N7O. The molecule has 106 valence electrons. The highest BCUT2D eigenvalue weighted by molar-refractivity contribution is 5.77. The first-order chi connectivity index (χ1) is 9.60. The second-order valence-corrected chi connectivity index (χ2v) is 4.78. The molecule has 8 nitrogen and oxygen atoms in total. The molecule has 0 radical (unpaired) electrons. The summed E-state index contributed by atoms with van der Waals surface area (Å²) in [4.78, 5) is 8.62. The van der Waals surface area contributed by atoms with Crippen LogP contribution in [0.25, 0.3) is 11.2 Å². The lowest BCUT2D eigenvalue weighted by molar-refractivity contribution is 0.386. The molecule has 0 atom stereocenters. The topological polar surface area (TPSA) is 101 Å². The highest BCUT2D eigenvalue weighted by Gasteiger charge is 2.18. The zero-order valence-electron chi connectivity index (χ0n) is 11.8. The van der Waals surface area contributed by atoms with Crippen molar-refractivity contribution >= 4 is 17.1 Å². The average Bonchev–Trinajstić information content (AvgIpc) is 3.02. The third-order valence-electron chi connectivity index (χ3n) is 3.18. The van der Waals surface area contributed by atoms with Crippen LogP contribution < -0.4 is 5.73 Å². The van der Waals surface area contributed by atoms with Gasteiger partial charge >= 0.3 is 0 Å². The van der Waals surface area contributed by atoms with Gasteiger partial charge in [-0.3, -0.25) is 9.25 Å². The fourth-order valence-electron chi connectivity index (χ4n) is 2.37. The predicted octanol–water partition coefficient (Wildman–Crippen LogP) is 1.04. The van der Waals surface area contributed by atoms with Gasteiger partial charge in [-0.15, -0.1) is 0 Å². The first-order valence-electron chi connectivity index (χ1n) is 6.57. The molecule has 0 aliphatic rings. The van der Waals surface area contributed by atoms with Crippen molar-refractivity contribution < 1.29 is 4.52 Å². The molecule has 3 aromatic heterocycles. The first-order valence-corrected chi connectivity index (χ1v) is 6.57. The first kappa shape index (κ1) is 12.6. The van der Waals surface area contributed by atoms with Crippen LogP contribution in [-0.4, -0.2) is 29.5 Å². The number of aromatic nitrogens is 6. The van der Waals surface area contributed by atoms with Crippen molar-refractivity contribution in [1.82, 2.24) is 29.5 Å². The van der Waals surface area contributed by atoms with Crippen LogP contribution in [-0.2, 0) is 20.0 Å². The lowest BCUT2D eigenvalue weighted by Crippen LogP contribution is -2.09. The summed E-state index contributed by atoms with van der Waals surface area (Å²) < 4.78 is 8.64. The van der Waals surface area contributed by atoms with Gasteiger partial charge < -0.3 is 10.3 Å². The van der Waals surface area contributed by atoms with Crippen molar-refractivity contribution in [3.8, 4) is 0 Å². The van der Waals surface area contributed by atoms with Crippen molar-refractivity contribution in [3.63, 3.8) is 0 Å². The quantitative estimate of drug-likeness (QED) is 0.763. The number of fused-ring (bicyclic) bond motifs is 1. The minimum Gasteiger partial charge on any atom is -0.369 e. The number of nitrogen functional groups attached to an aromatic ring is 1. The van der Waals surface area contributed by atoms with E-state index in [9.17, 15) is 0 Å². The SMILES string of the molecule is CCCc1nn(C)c2c1nc(N)n2Cc1noc(C)n1. The molecule has 3 rings (SSSR count). The van der Waals surface area contributed by atoms with Gasteiger partial charge in [0, 0.05) is 14.0 Å². The van der Waals surface area contributed by atoms with E-state index in [0.29, 0.717) is 24.2 Å². The molecule has 0 unspecified atom stereocenters. The molecule has 20 heavy (non-hydrogen) atoms. The Morgan fingerprint density at radius 1 is 1.30 bits per heavy atom. The Hall–Kier alpha value is -2.38. The maximum Gasteiger partial charge on any atom is 0.223 e. The number of hydrogen-bond donors (Lipinski definition) is 1. The number of nitrogens with two attached hydrogens (primary N) is 1. The van der Waals surface area contributed by atoms with E-state index in [-0.39, 0.29) is 0 Å². The van der Waals surface area contributed by atoms with E-state index < -0.39 is 0 Å². The lowest BCUT2D eigenvalue weighted by Gasteiger charge is -2.03. The minimum atomic E-state index is 0.421. The summed E-state index contributed by atoms with van der Waals surface area (Å²) >= 11 is 0. The summed E-state index contributed by atoms with van der Waals surface area (Å²) in [5.41, 5.74) is 8.72. The molecule has 0 fully saturated rings. The zero-order valence-corrected chi connectivity index (χ0v) is 11.8. The summed E-state index contributed by atoms with van der Waals surface area (Å²) in [5, 5.41) is 8.39. The molecule has 0 bridgehead atoms. The second kappa shape index (κ2) is 4.62. The fraction of sp³-hybridized carbons (Fsp3) is 0.500. The van der Waals surface area contributed by atoms with Gasteiger partial charge in [0.25, 0.3) is 0 Å². The fourth-order valence-corrected chi connectivity index (χ4v) is 2.37. The highest BCUT2D eigenvalue weighted by Crippen LogP contribution is 2.22. The highest BCUT2D eigenvalue weighted by atomic mass is 16.5. The van der Waals surface area contributed by atoms with E-state index in [4.69, 9.17) is 10.3 Å². The summed E-state index contributed by atoms with van der Waals surface area (Å²) in [6.07, 6.45) is 1.90. The van der Waals surface area contributed by atoms with Gasteiger partial charge in [0.05, 0.1) is 12.2 Å². The Kier molecular flexibility index (Phi) is 2.92. The molecule has 0 aliphatic heterocycles. The largest absolute Gasteiger partial charge is 0.369 e. The maximum atomic E-state index is 6.01. The van der Waals surface area contributed by atoms with Gasteiger partial charge in [-0.2, -0.15) is 10.1 Å². The van der Waals surface area contributed by atoms with E-state index in [1.807, 2.05) is 11.6 Å². The summed E-state index contributed by atoms with van der Waals surface area (Å²) in [6, 6.07) is 0. The Balaban J connectivity index is 2.08. The lowest BCUT2D eigenvalue weighted by atomic mass is 10.2. The van der Waals surface area contributed by atoms with Crippen LogP contribution in [0.1, 0.15) is 30.8 Å². The Morgan fingerprint density at radius 2 is 2.10 bits per heavy atom. The van der Waals surface area contributed by atoms with E-state index in [1.165, 1.54) is 0 Å². The van der Waals surface area contributed by atoms with Gasteiger partial charge in [0.1, 0.15) is 5.52 Å². The number of hydrogen-bond acceptors (Lipinski definition) is 6. The third-order valence-corrected chi connectivity index (χ3v) is 3.18. The molecule has 0 amide bonds. The second-order valence-electron chi connectivity index (χ2n) is 4.78. The van der Waals surface area contributed by atoms with Crippen LogP contribution >= 0.6 is 0 Å². The van der Waals surface area contributed by atoms with Crippen molar-refractivity contribution in [2.24, 2.45) is 7.05 Å². The van der Waals surface area contributed by atoms with Crippen molar-refractivity contribution in [1.29, 1.82) is 0 Å². The van der Waals surface area contributed by atoms with Gasteiger partial charge in [-0.1, -0.05) is 18.5 Å². The standard InChI is InChI=1S/C12H17N7O/c1-4-5-8-10-11(18(3)16-8)19(12(13)15-10)6-9-14-7(2)20-17-9/h4-6H2,1-3H3,(H2,13,15). The smallest absolute Gasteiger partial charge is 0.223 e. The minimum absolute atomic E-state index is 0.421. The van der Waals surface area contributed by atoms with E-state index >= 15 is 0 Å². The van der Waals surface area contributed by atoms with Crippen molar-refractivity contribution in [3.05, 3.63) is 17.4 Å². The maximum absolute atomic E-state index is 6.01. The van der Waals surface area contributed by atoms with Gasteiger partial charge in [-0.05, 0) is 6.42 Å². The van der Waals surface area contributed by atoms with E-state index in [2.05, 4.69) is 27.1 Å². The Bertz CT molecular complexity index is 751. The molecule has 2 N–H and O–H groups in total. The number of nitrogens with zero attached hydrogens (tertiary/aromatic N) is 6. The Morgan fingerprint density at radius 3 is 2.75 bits per heavy atom. The molecule has 3 heterocycles. The summed E-state index contributed by atoms with van der Waals surface area (Å²) in [7, 11) is 1.89. The molecule has 0 saturated carbocycles. The molecule has 0 aromatic carbocycles. The summed E-state index contributed by atoms with van der Waals surface area (Å²) in [5.74, 6) is 1.55. The number of anilines is 1. The monoisotopic (exact) mass is 275 g/mol. The predicted molar refractivity (Wildman–Crippen MR) is 73.0 cm³/mol. The van der Waals surface area contributed by atoms with Crippen LogP contribution in [0.15, 0.2) is 4.52 Å². The molecule has 8 heteroatoms. The summed E-state index contributed by atoms with van der Waals surface area (Å²) in [6.45, 7) is 4.29. The van der Waals surface area contributed by atoms with Gasteiger partial charge in [0.15, 0.2) is 11.5 Å². The van der Waals surface area contributed by atoms with Crippen LogP contribution in [0, 0.1) is 6.92 Å². The van der Waals surface area contributed by atoms with Crippen molar-refractivity contribution in [2.45, 2.75) is 33.2 Å². The average molecular weight is 275 g/mol. The van der Waals surface area contributed by atoms with Crippen LogP contribution in [0.3, 0.4) is 0 Å². The van der Waals surface area contributed by atoms with Crippen LogP contribution in [0.5, 0.6) is 0 Å². The number of rotatable bonds is 4. The van der Waals surface area contributed by atoms with Crippen LogP contribution in [0.2, 0.25) is 0 Å². The molecular weight excluding hydrogens is 258 g/mol. The molecule has 0 spiro atoms. The van der Waals surface area contributed by atoms with Crippen LogP contribution in [0.4, 0.5) is 5.95 Å². The van der Waals surface area contributed by atoms with E-state index in [0.717, 1.165) is 29.7 Å².